The molecule has 1 fully saturated rings. The summed E-state index contributed by atoms with van der Waals surface area (Å²) < 4.78 is 316. The third-order valence-electron chi connectivity index (χ3n) is 4.38. The molecular weight excluding hydrogens is 632 g/mol. The SMILES string of the molecule is FC(F)(F)C(F)(F)C(F)(F)OC1(F)C(F)(F)C(F)(F)C(F)(F)C(F)(OC(F)(F)C(F)(F)C(F)(F)F)C1(F)F. The molecule has 228 valence electrons. The quantitative estimate of drug-likeness (QED) is 0.283. The van der Waals surface area contributed by atoms with Gasteiger partial charge in [0.15, 0.2) is 0 Å². The highest BCUT2D eigenvalue weighted by molar-refractivity contribution is 5.25. The second-order valence-electron chi connectivity index (χ2n) is 6.87. The van der Waals surface area contributed by atoms with E-state index in [1.54, 1.807) is 0 Å². The van der Waals surface area contributed by atoms with E-state index in [2.05, 4.69) is 0 Å². The summed E-state index contributed by atoms with van der Waals surface area (Å²) in [5.41, 5.74) is 0. The minimum absolute atomic E-state index is 1.02. The van der Waals surface area contributed by atoms with Crippen LogP contribution in [0.3, 0.4) is 0 Å². The Bertz CT molecular complexity index is 842. The van der Waals surface area contributed by atoms with Gasteiger partial charge in [-0.25, -0.2) is 0 Å². The van der Waals surface area contributed by atoms with Gasteiger partial charge in [0, 0.05) is 0 Å². The van der Waals surface area contributed by atoms with E-state index in [1.165, 1.54) is 0 Å². The van der Waals surface area contributed by atoms with Crippen LogP contribution in [0.25, 0.3) is 0 Å². The Morgan fingerprint density at radius 2 is 0.526 bits per heavy atom. The van der Waals surface area contributed by atoms with E-state index >= 15 is 0 Å². The van der Waals surface area contributed by atoms with Crippen LogP contribution >= 0.6 is 0 Å². The maximum absolute atomic E-state index is 14.3. The minimum Gasteiger partial charge on any atom is -0.267 e. The van der Waals surface area contributed by atoms with Crippen molar-refractivity contribution in [2.75, 3.05) is 0 Å². The van der Waals surface area contributed by atoms with Gasteiger partial charge >= 0.3 is 71.8 Å². The molecule has 1 saturated carbocycles. The zero-order valence-corrected chi connectivity index (χ0v) is 15.9. The van der Waals surface area contributed by atoms with Crippen molar-refractivity contribution in [3.8, 4) is 0 Å². The Kier molecular flexibility index (Phi) is 7.14. The summed E-state index contributed by atoms with van der Waals surface area (Å²) >= 11 is 0. The summed E-state index contributed by atoms with van der Waals surface area (Å²) in [6.45, 7) is 0. The van der Waals surface area contributed by atoms with Crippen LogP contribution in [0.1, 0.15) is 0 Å². The average molecular weight is 632 g/mol. The van der Waals surface area contributed by atoms with Crippen molar-refractivity contribution < 1.29 is 115 Å². The number of halogens is 24. The van der Waals surface area contributed by atoms with Crippen molar-refractivity contribution >= 4 is 0 Å². The van der Waals surface area contributed by atoms with Crippen molar-refractivity contribution in [1.82, 2.24) is 0 Å². The van der Waals surface area contributed by atoms with Crippen LogP contribution in [0.15, 0.2) is 0 Å². The molecule has 2 unspecified atom stereocenters. The largest absolute Gasteiger partial charge is 0.462 e. The first-order chi connectivity index (χ1) is 15.9. The van der Waals surface area contributed by atoms with Gasteiger partial charge in [-0.1, -0.05) is 0 Å². The molecule has 26 heteroatoms. The molecule has 0 radical (unpaired) electrons. The van der Waals surface area contributed by atoms with Gasteiger partial charge < -0.3 is 0 Å². The van der Waals surface area contributed by atoms with Crippen molar-refractivity contribution in [1.29, 1.82) is 0 Å². The van der Waals surface area contributed by atoms with Gasteiger partial charge in [0.25, 0.3) is 0 Å². The number of rotatable bonds is 6. The lowest BCUT2D eigenvalue weighted by Gasteiger charge is -2.55. The summed E-state index contributed by atoms with van der Waals surface area (Å²) in [6, 6.07) is 0. The minimum atomic E-state index is -9.01. The Balaban J connectivity index is 4.09. The molecular formula is C12F24O2. The monoisotopic (exact) mass is 632 g/mol. The third-order valence-corrected chi connectivity index (χ3v) is 4.38. The van der Waals surface area contributed by atoms with Crippen LogP contribution in [0, 0.1) is 0 Å². The predicted molar refractivity (Wildman–Crippen MR) is 61.5 cm³/mol. The standard InChI is InChI=1S/C12F24O2/c13-1(14)2(15,16)7(25,37-11(33,34)5(21,22)9(27,28)29)4(19,20)8(26,3(1,17)18)38-12(35,36)6(23,24)10(30,31)32. The van der Waals surface area contributed by atoms with Gasteiger partial charge in [-0.15, -0.1) is 0 Å². The normalized spacial score (nSPS) is 30.3. The van der Waals surface area contributed by atoms with Crippen LogP contribution in [-0.2, 0) is 9.47 Å². The fourth-order valence-electron chi connectivity index (χ4n) is 2.27. The number of hydrogen-bond acceptors (Lipinski definition) is 2. The molecule has 0 aliphatic heterocycles. The summed E-state index contributed by atoms with van der Waals surface area (Å²) in [4.78, 5) is 0. The molecule has 2 nitrogen and oxygen atoms in total. The van der Waals surface area contributed by atoms with E-state index in [9.17, 15) is 105 Å². The molecule has 0 aromatic heterocycles. The molecule has 0 saturated heterocycles. The van der Waals surface area contributed by atoms with Gasteiger partial charge in [0.05, 0.1) is 0 Å². The molecule has 38 heavy (non-hydrogen) atoms. The summed E-state index contributed by atoms with van der Waals surface area (Å²) in [7, 11) is 0. The molecule has 0 N–H and O–H groups in total. The number of ether oxygens (including phenoxy) is 2. The molecule has 1 aliphatic rings. The molecule has 2 atom stereocenters. The highest BCUT2D eigenvalue weighted by Gasteiger charge is 3.04. The van der Waals surface area contributed by atoms with Gasteiger partial charge in [0.1, 0.15) is 0 Å². The van der Waals surface area contributed by atoms with Gasteiger partial charge in [-0.05, 0) is 0 Å². The second-order valence-corrected chi connectivity index (χ2v) is 6.87. The predicted octanol–water partition coefficient (Wildman–Crippen LogP) is 7.49. The van der Waals surface area contributed by atoms with E-state index in [0.717, 1.165) is 9.47 Å². The van der Waals surface area contributed by atoms with Crippen molar-refractivity contribution in [3.63, 3.8) is 0 Å². The Hall–Kier alpha value is -1.76. The zero-order valence-electron chi connectivity index (χ0n) is 15.9. The first-order valence-electron chi connectivity index (χ1n) is 7.85. The highest BCUT2D eigenvalue weighted by Crippen LogP contribution is 2.72. The smallest absolute Gasteiger partial charge is 0.267 e. The van der Waals surface area contributed by atoms with Gasteiger partial charge in [-0.2, -0.15) is 105 Å². The summed E-state index contributed by atoms with van der Waals surface area (Å²) in [5.74, 6) is -69.5. The van der Waals surface area contributed by atoms with E-state index in [-0.39, 0.29) is 0 Å². The van der Waals surface area contributed by atoms with Crippen LogP contribution < -0.4 is 0 Å². The van der Waals surface area contributed by atoms with Crippen LogP contribution in [-0.4, -0.2) is 71.8 Å². The van der Waals surface area contributed by atoms with Crippen LogP contribution in [0.2, 0.25) is 0 Å². The number of alkyl halides is 24. The van der Waals surface area contributed by atoms with E-state index in [0.29, 0.717) is 0 Å². The maximum Gasteiger partial charge on any atom is 0.462 e. The Labute approximate surface area is 188 Å². The van der Waals surface area contributed by atoms with Crippen molar-refractivity contribution in [2.45, 2.75) is 71.8 Å². The Morgan fingerprint density at radius 3 is 0.711 bits per heavy atom. The number of hydrogen-bond donors (Lipinski definition) is 0. The maximum atomic E-state index is 14.3. The molecule has 0 spiro atoms. The average Bonchev–Trinajstić information content (AvgIpc) is 2.63. The summed E-state index contributed by atoms with van der Waals surface area (Å²) in [6.07, 6.45) is -32.8. The zero-order chi connectivity index (χ0) is 31.4. The molecule has 0 bridgehead atoms. The fraction of sp³-hybridized carbons (Fsp3) is 1.00. The Morgan fingerprint density at radius 1 is 0.316 bits per heavy atom. The molecule has 0 heterocycles. The lowest BCUT2D eigenvalue weighted by atomic mass is 9.77. The highest BCUT2D eigenvalue weighted by atomic mass is 19.4. The molecule has 0 aromatic rings. The third kappa shape index (κ3) is 3.77. The van der Waals surface area contributed by atoms with Crippen LogP contribution in [0.4, 0.5) is 105 Å². The molecule has 0 amide bonds. The molecule has 1 rings (SSSR count). The lowest BCUT2D eigenvalue weighted by molar-refractivity contribution is -0.593. The van der Waals surface area contributed by atoms with Crippen molar-refractivity contribution in [3.05, 3.63) is 0 Å². The first kappa shape index (κ1) is 34.3. The molecule has 1 aliphatic carbocycles. The van der Waals surface area contributed by atoms with Gasteiger partial charge in [0.2, 0.25) is 0 Å². The second kappa shape index (κ2) is 7.92. The lowest BCUT2D eigenvalue weighted by Crippen LogP contribution is -2.87. The fourth-order valence-corrected chi connectivity index (χ4v) is 2.27. The van der Waals surface area contributed by atoms with E-state index < -0.39 is 71.8 Å². The summed E-state index contributed by atoms with van der Waals surface area (Å²) in [5, 5.41) is 0. The molecule has 0 aromatic carbocycles. The van der Waals surface area contributed by atoms with Crippen molar-refractivity contribution in [2.24, 2.45) is 0 Å². The first-order valence-corrected chi connectivity index (χ1v) is 7.85. The van der Waals surface area contributed by atoms with Gasteiger partial charge in [-0.3, -0.25) is 9.47 Å². The van der Waals surface area contributed by atoms with E-state index in [1.807, 2.05) is 0 Å². The topological polar surface area (TPSA) is 18.5 Å². The van der Waals surface area contributed by atoms with Crippen LogP contribution in [0.5, 0.6) is 0 Å². The van der Waals surface area contributed by atoms with E-state index in [4.69, 9.17) is 0 Å².